The lowest BCUT2D eigenvalue weighted by Gasteiger charge is -2.30. The Morgan fingerprint density at radius 2 is 2.00 bits per heavy atom. The van der Waals surface area contributed by atoms with Crippen LogP contribution in [0, 0.1) is 5.92 Å². The van der Waals surface area contributed by atoms with E-state index in [0.29, 0.717) is 34.6 Å². The molecule has 0 saturated heterocycles. The Morgan fingerprint density at radius 1 is 1.23 bits per heavy atom. The van der Waals surface area contributed by atoms with Crippen molar-refractivity contribution in [2.45, 2.75) is 57.5 Å². The lowest BCUT2D eigenvalue weighted by atomic mass is 9.83. The maximum absolute atomic E-state index is 12.6. The molecule has 0 bridgehead atoms. The summed E-state index contributed by atoms with van der Waals surface area (Å²) in [5, 5.41) is 17.3. The summed E-state index contributed by atoms with van der Waals surface area (Å²) < 4.78 is 43.3. The second-order valence-electron chi connectivity index (χ2n) is 8.16. The number of fused-ring (bicyclic) bond motifs is 1. The van der Waals surface area contributed by atoms with E-state index in [1.54, 1.807) is 23.0 Å². The third kappa shape index (κ3) is 5.46. The monoisotopic (exact) mass is 434 g/mol. The van der Waals surface area contributed by atoms with Crippen molar-refractivity contribution in [1.82, 2.24) is 14.6 Å². The fraction of sp³-hybridized carbons (Fsp3) is 0.455. The van der Waals surface area contributed by atoms with E-state index in [-0.39, 0.29) is 11.9 Å². The quantitative estimate of drug-likeness (QED) is 0.569. The highest BCUT2D eigenvalue weighted by molar-refractivity contribution is 5.78. The Balaban J connectivity index is 1.50. The second kappa shape index (κ2) is 8.74. The van der Waals surface area contributed by atoms with Gasteiger partial charge >= 0.3 is 6.36 Å². The van der Waals surface area contributed by atoms with Gasteiger partial charge in [-0.2, -0.15) is 5.10 Å². The first kappa shape index (κ1) is 21.4. The lowest BCUT2D eigenvalue weighted by molar-refractivity contribution is -0.274. The van der Waals surface area contributed by atoms with E-state index in [1.165, 1.54) is 18.2 Å². The zero-order valence-corrected chi connectivity index (χ0v) is 17.1. The predicted molar refractivity (Wildman–Crippen MR) is 111 cm³/mol. The molecule has 1 aliphatic carbocycles. The molecule has 2 N–H and O–H groups in total. The molecule has 0 amide bonds. The van der Waals surface area contributed by atoms with Crippen LogP contribution >= 0.6 is 0 Å². The van der Waals surface area contributed by atoms with Crippen LogP contribution in [0.1, 0.15) is 39.0 Å². The van der Waals surface area contributed by atoms with E-state index >= 15 is 0 Å². The molecule has 1 aromatic carbocycles. The summed E-state index contributed by atoms with van der Waals surface area (Å²) in [4.78, 5) is 4.66. The van der Waals surface area contributed by atoms with Gasteiger partial charge in [-0.15, -0.1) is 13.2 Å². The Labute approximate surface area is 178 Å². The molecule has 0 radical (unpaired) electrons. The SMILES string of the molecule is CC(O)C[C@H]1CC[C@H](Nc2ccn3ncc(-c4cccc(OC(F)(F)F)c4)c3n2)CC1. The van der Waals surface area contributed by atoms with Crippen molar-refractivity contribution in [3.05, 3.63) is 42.7 Å². The van der Waals surface area contributed by atoms with Gasteiger partial charge in [-0.3, -0.25) is 0 Å². The third-order valence-corrected chi connectivity index (χ3v) is 5.62. The second-order valence-corrected chi connectivity index (χ2v) is 8.16. The minimum atomic E-state index is -4.75. The number of aliphatic hydroxyl groups is 1. The van der Waals surface area contributed by atoms with E-state index in [9.17, 15) is 18.3 Å². The molecule has 2 aromatic heterocycles. The van der Waals surface area contributed by atoms with Crippen LogP contribution in [-0.4, -0.2) is 38.2 Å². The van der Waals surface area contributed by atoms with Crippen LogP contribution in [0.15, 0.2) is 42.7 Å². The van der Waals surface area contributed by atoms with Gasteiger partial charge in [-0.05, 0) is 68.7 Å². The molecule has 1 aliphatic rings. The number of nitrogens with zero attached hydrogens (tertiary/aromatic N) is 3. The first-order chi connectivity index (χ1) is 14.8. The fourth-order valence-electron chi connectivity index (χ4n) is 4.25. The van der Waals surface area contributed by atoms with Crippen molar-refractivity contribution in [1.29, 1.82) is 0 Å². The van der Waals surface area contributed by atoms with Gasteiger partial charge in [0.1, 0.15) is 11.6 Å². The third-order valence-electron chi connectivity index (χ3n) is 5.62. The molecule has 166 valence electrons. The van der Waals surface area contributed by atoms with Crippen molar-refractivity contribution in [2.24, 2.45) is 5.92 Å². The van der Waals surface area contributed by atoms with E-state index in [4.69, 9.17) is 0 Å². The van der Waals surface area contributed by atoms with Gasteiger partial charge in [0.2, 0.25) is 0 Å². The molecule has 9 heteroatoms. The van der Waals surface area contributed by atoms with E-state index in [1.807, 2.05) is 13.0 Å². The maximum atomic E-state index is 12.6. The molecule has 1 fully saturated rings. The van der Waals surface area contributed by atoms with Crippen molar-refractivity contribution in [3.8, 4) is 16.9 Å². The maximum Gasteiger partial charge on any atom is 0.573 e. The number of hydrogen-bond donors (Lipinski definition) is 2. The summed E-state index contributed by atoms with van der Waals surface area (Å²) in [6.45, 7) is 1.83. The summed E-state index contributed by atoms with van der Waals surface area (Å²) in [7, 11) is 0. The van der Waals surface area contributed by atoms with Gasteiger partial charge in [0.25, 0.3) is 0 Å². The number of aliphatic hydroxyl groups excluding tert-OH is 1. The number of aromatic nitrogens is 3. The van der Waals surface area contributed by atoms with Crippen molar-refractivity contribution in [3.63, 3.8) is 0 Å². The Hall–Kier alpha value is -2.81. The first-order valence-corrected chi connectivity index (χ1v) is 10.4. The van der Waals surface area contributed by atoms with E-state index in [0.717, 1.165) is 32.1 Å². The molecule has 0 spiro atoms. The van der Waals surface area contributed by atoms with Crippen LogP contribution in [-0.2, 0) is 0 Å². The van der Waals surface area contributed by atoms with Gasteiger partial charge in [-0.25, -0.2) is 9.50 Å². The largest absolute Gasteiger partial charge is 0.573 e. The number of anilines is 1. The molecule has 1 saturated carbocycles. The number of halogens is 3. The van der Waals surface area contributed by atoms with E-state index in [2.05, 4.69) is 20.1 Å². The van der Waals surface area contributed by atoms with Gasteiger partial charge in [-0.1, -0.05) is 12.1 Å². The molecule has 0 aliphatic heterocycles. The van der Waals surface area contributed by atoms with Crippen LogP contribution in [0.3, 0.4) is 0 Å². The zero-order valence-electron chi connectivity index (χ0n) is 17.1. The number of ether oxygens (including phenoxy) is 1. The lowest BCUT2D eigenvalue weighted by Crippen LogP contribution is -2.27. The zero-order chi connectivity index (χ0) is 22.0. The van der Waals surface area contributed by atoms with Crippen LogP contribution in [0.2, 0.25) is 0 Å². The summed E-state index contributed by atoms with van der Waals surface area (Å²) in [6.07, 6.45) is 3.34. The molecule has 6 nitrogen and oxygen atoms in total. The summed E-state index contributed by atoms with van der Waals surface area (Å²) in [5.74, 6) is 0.977. The molecule has 1 unspecified atom stereocenters. The standard InChI is InChI=1S/C22H25F3N4O2/c1-14(30)11-15-5-7-17(8-6-15)27-20-9-10-29-21(28-20)19(13-26-29)16-3-2-4-18(12-16)31-22(23,24)25/h2-4,9-10,12-15,17,30H,5-8,11H2,1H3,(H,27,28)/t14?,15-,17-. The number of alkyl halides is 3. The van der Waals surface area contributed by atoms with E-state index < -0.39 is 6.36 Å². The molecule has 3 aromatic rings. The average molecular weight is 434 g/mol. The minimum Gasteiger partial charge on any atom is -0.406 e. The Bertz CT molecular complexity index is 1030. The van der Waals surface area contributed by atoms with Crippen LogP contribution in [0.4, 0.5) is 19.0 Å². The smallest absolute Gasteiger partial charge is 0.406 e. The highest BCUT2D eigenvalue weighted by Gasteiger charge is 2.31. The first-order valence-electron chi connectivity index (χ1n) is 10.4. The average Bonchev–Trinajstić information content (AvgIpc) is 3.11. The topological polar surface area (TPSA) is 71.7 Å². The molecular weight excluding hydrogens is 409 g/mol. The van der Waals surface area contributed by atoms with Crippen molar-refractivity contribution >= 4 is 11.5 Å². The number of benzene rings is 1. The predicted octanol–water partition coefficient (Wildman–Crippen LogP) is 5.04. The minimum absolute atomic E-state index is 0.265. The fourth-order valence-corrected chi connectivity index (χ4v) is 4.25. The number of rotatable bonds is 6. The number of hydrogen-bond acceptors (Lipinski definition) is 5. The van der Waals surface area contributed by atoms with Crippen LogP contribution < -0.4 is 10.1 Å². The highest BCUT2D eigenvalue weighted by atomic mass is 19.4. The van der Waals surface area contributed by atoms with Gasteiger partial charge in [0.05, 0.1) is 12.3 Å². The highest BCUT2D eigenvalue weighted by Crippen LogP contribution is 2.31. The van der Waals surface area contributed by atoms with Crippen LogP contribution in [0.25, 0.3) is 16.8 Å². The molecular formula is C22H25F3N4O2. The van der Waals surface area contributed by atoms with Crippen molar-refractivity contribution in [2.75, 3.05) is 5.32 Å². The van der Waals surface area contributed by atoms with Gasteiger partial charge in [0, 0.05) is 17.8 Å². The molecule has 4 rings (SSSR count). The normalized spacial score (nSPS) is 20.5. The summed E-state index contributed by atoms with van der Waals surface area (Å²) in [5.41, 5.74) is 1.72. The molecule has 2 heterocycles. The number of nitrogens with one attached hydrogen (secondary N) is 1. The summed E-state index contributed by atoms with van der Waals surface area (Å²) >= 11 is 0. The molecule has 1 atom stereocenters. The van der Waals surface area contributed by atoms with Crippen LogP contribution in [0.5, 0.6) is 5.75 Å². The summed E-state index contributed by atoms with van der Waals surface area (Å²) in [6, 6.07) is 7.94. The van der Waals surface area contributed by atoms with Gasteiger partial charge < -0.3 is 15.2 Å². The van der Waals surface area contributed by atoms with Crippen molar-refractivity contribution < 1.29 is 23.0 Å². The molecule has 31 heavy (non-hydrogen) atoms. The van der Waals surface area contributed by atoms with Gasteiger partial charge in [0.15, 0.2) is 5.65 Å². The Morgan fingerprint density at radius 3 is 2.71 bits per heavy atom. The Kier molecular flexibility index (Phi) is 6.04.